The topological polar surface area (TPSA) is 102 Å². The molecule has 0 amide bonds. The van der Waals surface area contributed by atoms with Gasteiger partial charge in [0.05, 0.1) is 19.3 Å². The number of hydrogen-bond donors (Lipinski definition) is 0. The summed E-state index contributed by atoms with van der Waals surface area (Å²) in [6.07, 6.45) is 0.187. The van der Waals surface area contributed by atoms with E-state index in [-0.39, 0.29) is 89.6 Å². The first-order chi connectivity index (χ1) is 16.6. The van der Waals surface area contributed by atoms with Gasteiger partial charge in [0, 0.05) is 68.1 Å². The fourth-order valence-corrected chi connectivity index (χ4v) is 2.03. The molecule has 0 bridgehead atoms. The van der Waals surface area contributed by atoms with Crippen LogP contribution in [0, 0.1) is 68.1 Å². The second-order valence-electron chi connectivity index (χ2n) is 16.6. The van der Waals surface area contributed by atoms with Crippen LogP contribution in [-0.4, -0.2) is 34.7 Å². The molecule has 0 aromatic carbocycles. The summed E-state index contributed by atoms with van der Waals surface area (Å²) in [6, 6.07) is 0. The van der Waals surface area contributed by atoms with Crippen molar-refractivity contribution in [2.24, 2.45) is 32.5 Å². The normalized spacial score (nSPS) is 12.4. The molecule has 0 aromatic heterocycles. The van der Waals surface area contributed by atoms with Gasteiger partial charge in [0.2, 0.25) is 0 Å². The van der Waals surface area contributed by atoms with Gasteiger partial charge in [-0.15, -0.1) is 0 Å². The van der Waals surface area contributed by atoms with Crippen LogP contribution >= 0.6 is 0 Å². The zero-order valence-electron chi connectivity index (χ0n) is 29.1. The van der Waals surface area contributed by atoms with Crippen LogP contribution in [-0.2, 0) is 28.8 Å². The average molecular weight is 692 g/mol. The van der Waals surface area contributed by atoms with E-state index >= 15 is 0 Å². The molecule has 0 fully saturated rings. The Kier molecular flexibility index (Phi) is 19.3. The maximum absolute atomic E-state index is 11.5. The van der Waals surface area contributed by atoms with Gasteiger partial charge in [-0.3, -0.25) is 28.8 Å². The van der Waals surface area contributed by atoms with Crippen LogP contribution in [0.1, 0.15) is 144 Å². The van der Waals surface area contributed by atoms with E-state index in [1.165, 1.54) is 0 Å². The molecule has 6 nitrogen and oxygen atoms in total. The van der Waals surface area contributed by atoms with Crippen LogP contribution in [0.5, 0.6) is 0 Å². The predicted octanol–water partition coefficient (Wildman–Crippen LogP) is 7.82. The molecule has 1 radical (unpaired) electrons. The van der Waals surface area contributed by atoms with Gasteiger partial charge in [-0.05, 0) is 0 Å². The van der Waals surface area contributed by atoms with Crippen molar-refractivity contribution in [1.82, 2.24) is 0 Å². The fourth-order valence-electron chi connectivity index (χ4n) is 2.03. The third kappa shape index (κ3) is 21.9. The summed E-state index contributed by atoms with van der Waals surface area (Å²) in [5, 5.41) is 0. The van der Waals surface area contributed by atoms with Crippen molar-refractivity contribution in [2.45, 2.75) is 144 Å². The molecule has 40 heavy (non-hydrogen) atoms. The zero-order chi connectivity index (χ0) is 32.6. The van der Waals surface area contributed by atoms with Crippen LogP contribution in [0.15, 0.2) is 0 Å². The van der Waals surface area contributed by atoms with E-state index in [0.717, 1.165) is 0 Å². The van der Waals surface area contributed by atoms with Crippen molar-refractivity contribution in [3.63, 3.8) is 0 Å². The van der Waals surface area contributed by atoms with E-state index in [1.54, 1.807) is 0 Å². The molecule has 0 aromatic rings. The van der Waals surface area contributed by atoms with Crippen LogP contribution in [0.4, 0.5) is 0 Å². The standard InChI is InChI=1S/3C11H20O2.La/c3*1-10(2,3)8(12)7-9(13)11(4,5)6;/h3*7H2,1-6H3;. The quantitative estimate of drug-likeness (QED) is 0.263. The molecule has 0 heterocycles. The zero-order valence-corrected chi connectivity index (χ0v) is 32.8. The van der Waals surface area contributed by atoms with E-state index in [1.807, 2.05) is 125 Å². The number of hydrogen-bond acceptors (Lipinski definition) is 6. The van der Waals surface area contributed by atoms with Crippen molar-refractivity contribution in [3.05, 3.63) is 0 Å². The smallest absolute Gasteiger partial charge is 0.145 e. The minimum Gasteiger partial charge on any atom is -0.299 e. The van der Waals surface area contributed by atoms with Crippen LogP contribution in [0.2, 0.25) is 0 Å². The SMILES string of the molecule is CC(C)(C)C(=O)CC(=O)C(C)(C)C.CC(C)(C)C(=O)CC(=O)C(C)(C)C.CC(C)(C)C(=O)CC(=O)C(C)(C)C.[La]. The summed E-state index contributed by atoms with van der Waals surface area (Å²) < 4.78 is 0. The second-order valence-corrected chi connectivity index (χ2v) is 16.6. The number of Topliss-reactive ketones (excluding diaryl/α,β-unsaturated/α-hetero) is 6. The van der Waals surface area contributed by atoms with Gasteiger partial charge < -0.3 is 0 Å². The van der Waals surface area contributed by atoms with Gasteiger partial charge in [0.1, 0.15) is 34.7 Å². The van der Waals surface area contributed by atoms with Gasteiger partial charge in [0.15, 0.2) is 0 Å². The summed E-state index contributed by atoms with van der Waals surface area (Å²) in [4.78, 5) is 69.0. The maximum atomic E-state index is 11.5. The Morgan fingerprint density at radius 2 is 0.350 bits per heavy atom. The number of ketones is 6. The molecule has 0 saturated heterocycles. The van der Waals surface area contributed by atoms with E-state index in [2.05, 4.69) is 0 Å². The molecule has 7 heteroatoms. The largest absolute Gasteiger partial charge is 0.299 e. The van der Waals surface area contributed by atoms with Gasteiger partial charge in [-0.2, -0.15) is 0 Å². The molecule has 0 N–H and O–H groups in total. The van der Waals surface area contributed by atoms with E-state index in [4.69, 9.17) is 0 Å². The van der Waals surface area contributed by atoms with Gasteiger partial charge in [0.25, 0.3) is 0 Å². The summed E-state index contributed by atoms with van der Waals surface area (Å²) in [5.74, 6) is 0.125. The average Bonchev–Trinajstić information content (AvgIpc) is 2.64. The van der Waals surface area contributed by atoms with Crippen molar-refractivity contribution in [2.75, 3.05) is 0 Å². The monoisotopic (exact) mass is 691 g/mol. The first-order valence-corrected chi connectivity index (χ1v) is 13.8. The molecular weight excluding hydrogens is 631 g/mol. The molecule has 0 aliphatic heterocycles. The minimum absolute atomic E-state index is 0. The number of rotatable bonds is 6. The van der Waals surface area contributed by atoms with Crippen LogP contribution in [0.25, 0.3) is 0 Å². The molecule has 0 unspecified atom stereocenters. The van der Waals surface area contributed by atoms with Crippen molar-refractivity contribution < 1.29 is 64.4 Å². The number of carbonyl (C=O) groups excluding carboxylic acids is 6. The molecular formula is C33H60LaO6. The summed E-state index contributed by atoms with van der Waals surface area (Å²) >= 11 is 0. The fraction of sp³-hybridized carbons (Fsp3) is 0.818. The third-order valence-corrected chi connectivity index (χ3v) is 5.98. The first kappa shape index (κ1) is 46.2. The van der Waals surface area contributed by atoms with Crippen LogP contribution in [0.3, 0.4) is 0 Å². The Labute approximate surface area is 274 Å². The van der Waals surface area contributed by atoms with Crippen molar-refractivity contribution >= 4 is 34.7 Å². The Bertz CT molecular complexity index is 693. The van der Waals surface area contributed by atoms with Gasteiger partial charge in [-0.25, -0.2) is 0 Å². The summed E-state index contributed by atoms with van der Waals surface area (Å²) in [6.45, 7) is 33.1. The maximum Gasteiger partial charge on any atom is 0.145 e. The summed E-state index contributed by atoms with van der Waals surface area (Å²) in [5.41, 5.74) is -2.41. The second kappa shape index (κ2) is 16.7. The van der Waals surface area contributed by atoms with Crippen molar-refractivity contribution in [3.8, 4) is 0 Å². The van der Waals surface area contributed by atoms with Gasteiger partial charge in [-0.1, -0.05) is 125 Å². The van der Waals surface area contributed by atoms with E-state index < -0.39 is 32.5 Å². The Morgan fingerprint density at radius 3 is 0.400 bits per heavy atom. The first-order valence-electron chi connectivity index (χ1n) is 13.8. The third-order valence-electron chi connectivity index (χ3n) is 5.98. The molecule has 0 spiro atoms. The Hall–Kier alpha value is -0.785. The minimum atomic E-state index is -0.402. The molecule has 0 rings (SSSR count). The van der Waals surface area contributed by atoms with Crippen molar-refractivity contribution in [1.29, 1.82) is 0 Å². The van der Waals surface area contributed by atoms with Crippen LogP contribution < -0.4 is 0 Å². The molecule has 0 aliphatic carbocycles. The van der Waals surface area contributed by atoms with E-state index in [9.17, 15) is 28.8 Å². The number of carbonyl (C=O) groups is 6. The Balaban J connectivity index is -0.000000240. The molecule has 0 aliphatic rings. The summed E-state index contributed by atoms with van der Waals surface area (Å²) in [7, 11) is 0. The molecule has 231 valence electrons. The predicted molar refractivity (Wildman–Crippen MR) is 161 cm³/mol. The van der Waals surface area contributed by atoms with E-state index in [0.29, 0.717) is 0 Å². The van der Waals surface area contributed by atoms with Gasteiger partial charge >= 0.3 is 0 Å². The molecule has 0 atom stereocenters. The molecule has 0 saturated carbocycles. The Morgan fingerprint density at radius 1 is 0.275 bits per heavy atom.